The molecule has 1 heterocycles. The molecular weight excluding hydrogens is 236 g/mol. The minimum Gasteiger partial charge on any atom is -0.481 e. The second kappa shape index (κ2) is 6.15. The summed E-state index contributed by atoms with van der Waals surface area (Å²) in [7, 11) is 0. The SMILES string of the molecule is CCC(CN)CC(=O)NC1COCC1(C)C(=O)O. The van der Waals surface area contributed by atoms with E-state index in [2.05, 4.69) is 5.32 Å². The molecule has 3 unspecified atom stereocenters. The lowest BCUT2D eigenvalue weighted by atomic mass is 9.85. The van der Waals surface area contributed by atoms with Crippen LogP contribution in [0.5, 0.6) is 0 Å². The van der Waals surface area contributed by atoms with Crippen LogP contribution in [-0.4, -0.2) is 42.8 Å². The van der Waals surface area contributed by atoms with E-state index in [9.17, 15) is 14.7 Å². The zero-order valence-electron chi connectivity index (χ0n) is 10.9. The maximum Gasteiger partial charge on any atom is 0.313 e. The number of carboxylic acid groups (broad SMARTS) is 1. The van der Waals surface area contributed by atoms with Crippen LogP contribution >= 0.6 is 0 Å². The molecule has 0 aliphatic carbocycles. The van der Waals surface area contributed by atoms with Gasteiger partial charge in [-0.1, -0.05) is 13.3 Å². The highest BCUT2D eigenvalue weighted by molar-refractivity contribution is 5.80. The molecule has 0 aromatic heterocycles. The highest BCUT2D eigenvalue weighted by Gasteiger charge is 2.47. The van der Waals surface area contributed by atoms with Crippen molar-refractivity contribution >= 4 is 11.9 Å². The molecule has 6 heteroatoms. The van der Waals surface area contributed by atoms with E-state index in [1.165, 1.54) is 0 Å². The Kier molecular flexibility index (Phi) is 5.10. The number of ether oxygens (including phenoxy) is 1. The number of amides is 1. The summed E-state index contributed by atoms with van der Waals surface area (Å²) in [5.41, 5.74) is 4.50. The van der Waals surface area contributed by atoms with Crippen molar-refractivity contribution in [1.29, 1.82) is 0 Å². The maximum atomic E-state index is 11.8. The van der Waals surface area contributed by atoms with Gasteiger partial charge in [0.05, 0.1) is 19.3 Å². The van der Waals surface area contributed by atoms with Gasteiger partial charge in [-0.2, -0.15) is 0 Å². The van der Waals surface area contributed by atoms with Crippen molar-refractivity contribution in [2.75, 3.05) is 19.8 Å². The molecule has 6 nitrogen and oxygen atoms in total. The Morgan fingerprint density at radius 1 is 1.61 bits per heavy atom. The summed E-state index contributed by atoms with van der Waals surface area (Å²) in [6.45, 7) is 4.40. The van der Waals surface area contributed by atoms with E-state index >= 15 is 0 Å². The predicted octanol–water partition coefficient (Wildman–Crippen LogP) is -0.0327. The van der Waals surface area contributed by atoms with E-state index in [4.69, 9.17) is 10.5 Å². The predicted molar refractivity (Wildman–Crippen MR) is 65.9 cm³/mol. The average molecular weight is 258 g/mol. The molecule has 0 aromatic carbocycles. The zero-order valence-corrected chi connectivity index (χ0v) is 10.9. The molecular formula is C12H22N2O4. The van der Waals surface area contributed by atoms with E-state index in [-0.39, 0.29) is 25.0 Å². The molecule has 1 saturated heterocycles. The summed E-state index contributed by atoms with van der Waals surface area (Å²) in [6, 6.07) is -0.474. The Balaban J connectivity index is 2.56. The highest BCUT2D eigenvalue weighted by Crippen LogP contribution is 2.28. The van der Waals surface area contributed by atoms with Crippen LogP contribution in [-0.2, 0) is 14.3 Å². The van der Waals surface area contributed by atoms with Gasteiger partial charge in [-0.15, -0.1) is 0 Å². The molecule has 104 valence electrons. The lowest BCUT2D eigenvalue weighted by Crippen LogP contribution is -2.50. The molecule has 18 heavy (non-hydrogen) atoms. The van der Waals surface area contributed by atoms with E-state index < -0.39 is 17.4 Å². The van der Waals surface area contributed by atoms with Gasteiger partial charge in [-0.25, -0.2) is 0 Å². The number of hydrogen-bond donors (Lipinski definition) is 3. The summed E-state index contributed by atoms with van der Waals surface area (Å²) in [4.78, 5) is 23.0. The molecule has 1 aliphatic rings. The van der Waals surface area contributed by atoms with Gasteiger partial charge < -0.3 is 20.9 Å². The minimum atomic E-state index is -1.04. The Hall–Kier alpha value is -1.14. The Morgan fingerprint density at radius 3 is 2.78 bits per heavy atom. The van der Waals surface area contributed by atoms with Crippen LogP contribution in [0.25, 0.3) is 0 Å². The first-order chi connectivity index (χ1) is 8.43. The fraction of sp³-hybridized carbons (Fsp3) is 0.833. The molecule has 1 fully saturated rings. The van der Waals surface area contributed by atoms with E-state index in [1.54, 1.807) is 6.92 Å². The summed E-state index contributed by atoms with van der Waals surface area (Å²) in [5, 5.41) is 11.9. The monoisotopic (exact) mass is 258 g/mol. The lowest BCUT2D eigenvalue weighted by molar-refractivity contribution is -0.149. The van der Waals surface area contributed by atoms with Crippen molar-refractivity contribution in [3.63, 3.8) is 0 Å². The topological polar surface area (TPSA) is 102 Å². The number of hydrogen-bond acceptors (Lipinski definition) is 4. The summed E-state index contributed by atoms with van der Waals surface area (Å²) >= 11 is 0. The lowest BCUT2D eigenvalue weighted by Gasteiger charge is -2.26. The van der Waals surface area contributed by atoms with Crippen LogP contribution in [0.15, 0.2) is 0 Å². The second-order valence-electron chi connectivity index (χ2n) is 5.07. The van der Waals surface area contributed by atoms with Crippen molar-refractivity contribution in [3.8, 4) is 0 Å². The molecule has 4 N–H and O–H groups in total. The summed E-state index contributed by atoms with van der Waals surface area (Å²) in [6.07, 6.45) is 1.17. The largest absolute Gasteiger partial charge is 0.481 e. The fourth-order valence-corrected chi connectivity index (χ4v) is 1.99. The third-order valence-electron chi connectivity index (χ3n) is 3.66. The quantitative estimate of drug-likeness (QED) is 0.621. The number of nitrogens with two attached hydrogens (primary N) is 1. The van der Waals surface area contributed by atoms with Gasteiger partial charge in [0.2, 0.25) is 5.91 Å². The molecule has 0 radical (unpaired) electrons. The molecule has 3 atom stereocenters. The van der Waals surface area contributed by atoms with Crippen LogP contribution in [0.2, 0.25) is 0 Å². The zero-order chi connectivity index (χ0) is 13.8. The summed E-state index contributed by atoms with van der Waals surface area (Å²) < 4.78 is 5.17. The summed E-state index contributed by atoms with van der Waals surface area (Å²) in [5.74, 6) is -0.963. The van der Waals surface area contributed by atoms with Gasteiger partial charge in [-0.05, 0) is 19.4 Å². The minimum absolute atomic E-state index is 0.126. The normalized spacial score (nSPS) is 28.9. The maximum absolute atomic E-state index is 11.8. The van der Waals surface area contributed by atoms with Crippen molar-refractivity contribution < 1.29 is 19.4 Å². The fourth-order valence-electron chi connectivity index (χ4n) is 1.99. The van der Waals surface area contributed by atoms with Crippen LogP contribution in [0.4, 0.5) is 0 Å². The smallest absolute Gasteiger partial charge is 0.313 e. The first-order valence-corrected chi connectivity index (χ1v) is 6.24. The third-order valence-corrected chi connectivity index (χ3v) is 3.66. The van der Waals surface area contributed by atoms with Gasteiger partial charge in [0.15, 0.2) is 0 Å². The van der Waals surface area contributed by atoms with Crippen LogP contribution in [0.3, 0.4) is 0 Å². The van der Waals surface area contributed by atoms with E-state index in [0.29, 0.717) is 13.0 Å². The Bertz CT molecular complexity index is 317. The first kappa shape index (κ1) is 14.9. The van der Waals surface area contributed by atoms with Gasteiger partial charge in [0.25, 0.3) is 0 Å². The standard InChI is InChI=1S/C12H22N2O4/c1-3-8(5-13)4-10(15)14-9-6-18-7-12(9,2)11(16)17/h8-9H,3-7,13H2,1-2H3,(H,14,15)(H,16,17). The van der Waals surface area contributed by atoms with Crippen molar-refractivity contribution in [2.24, 2.45) is 17.1 Å². The number of carbonyl (C=O) groups excluding carboxylic acids is 1. The van der Waals surface area contributed by atoms with Crippen LogP contribution < -0.4 is 11.1 Å². The van der Waals surface area contributed by atoms with Gasteiger partial charge in [0, 0.05) is 6.42 Å². The number of aliphatic carboxylic acids is 1. The third kappa shape index (κ3) is 3.20. The Morgan fingerprint density at radius 2 is 2.28 bits per heavy atom. The van der Waals surface area contributed by atoms with Gasteiger partial charge in [0.1, 0.15) is 5.41 Å². The van der Waals surface area contributed by atoms with E-state index in [0.717, 1.165) is 6.42 Å². The average Bonchev–Trinajstić information content (AvgIpc) is 2.69. The van der Waals surface area contributed by atoms with Crippen molar-refractivity contribution in [2.45, 2.75) is 32.7 Å². The Labute approximate surface area is 107 Å². The molecule has 0 spiro atoms. The molecule has 1 amide bonds. The first-order valence-electron chi connectivity index (χ1n) is 6.24. The molecule has 0 bridgehead atoms. The molecule has 0 aromatic rings. The molecule has 0 saturated carbocycles. The van der Waals surface area contributed by atoms with Gasteiger partial charge in [-0.3, -0.25) is 9.59 Å². The highest BCUT2D eigenvalue weighted by atomic mass is 16.5. The number of carbonyl (C=O) groups is 2. The molecule has 1 rings (SSSR count). The molecule has 1 aliphatic heterocycles. The van der Waals surface area contributed by atoms with Crippen molar-refractivity contribution in [1.82, 2.24) is 5.32 Å². The number of nitrogens with one attached hydrogen (secondary N) is 1. The van der Waals surface area contributed by atoms with Crippen molar-refractivity contribution in [3.05, 3.63) is 0 Å². The van der Waals surface area contributed by atoms with Crippen LogP contribution in [0, 0.1) is 11.3 Å². The number of rotatable bonds is 6. The number of carboxylic acids is 1. The van der Waals surface area contributed by atoms with Crippen LogP contribution in [0.1, 0.15) is 26.7 Å². The van der Waals surface area contributed by atoms with E-state index in [1.807, 2.05) is 6.92 Å². The second-order valence-corrected chi connectivity index (χ2v) is 5.07. The van der Waals surface area contributed by atoms with Gasteiger partial charge >= 0.3 is 5.97 Å².